The number of halogens is 4. The second-order valence-electron chi connectivity index (χ2n) is 20.8. The highest BCUT2D eigenvalue weighted by Gasteiger charge is 2.36. The van der Waals surface area contributed by atoms with E-state index in [1.165, 1.54) is 74.9 Å². The first kappa shape index (κ1) is 68.8. The monoisotopic (exact) mass is 1320 g/mol. The molecule has 0 unspecified atom stereocenters. The number of urea groups is 2. The summed E-state index contributed by atoms with van der Waals surface area (Å²) in [5.74, 6) is -4.88. The molecule has 30 heteroatoms. The summed E-state index contributed by atoms with van der Waals surface area (Å²) >= 11 is 1.95. The van der Waals surface area contributed by atoms with Gasteiger partial charge in [-0.05, 0) is 124 Å². The minimum atomic E-state index is -1.03. The molecule has 4 heterocycles. The van der Waals surface area contributed by atoms with Crippen LogP contribution in [0.1, 0.15) is 69.7 Å². The number of amides is 8. The first-order valence-electron chi connectivity index (χ1n) is 28.6. The van der Waals surface area contributed by atoms with E-state index in [4.69, 9.17) is 23.8 Å². The molecule has 0 aliphatic heterocycles. The third-order valence-electron chi connectivity index (χ3n) is 13.5. The van der Waals surface area contributed by atoms with Gasteiger partial charge >= 0.3 is 24.2 Å². The van der Waals surface area contributed by atoms with Crippen LogP contribution in [0, 0.1) is 23.3 Å². The molecule has 4 N–H and O–H groups in total. The molecule has 0 radical (unpaired) electrons. The number of aromatic nitrogens is 4. The molecule has 0 spiro atoms. The van der Waals surface area contributed by atoms with Gasteiger partial charge in [0.1, 0.15) is 33.3 Å². The number of anilines is 6. The molecule has 0 bridgehead atoms. The average Bonchev–Trinajstić information content (AvgIpc) is 1.63. The van der Waals surface area contributed by atoms with E-state index in [1.807, 2.05) is 0 Å². The normalized spacial score (nSPS) is 11.0. The number of imide groups is 1. The number of nitrogens with one attached hydrogen (secondary N) is 4. The summed E-state index contributed by atoms with van der Waals surface area (Å²) in [7, 11) is 10.9. The number of benzene rings is 4. The molecule has 8 amide bonds. The Kier molecular flexibility index (Phi) is 23.5. The Morgan fingerprint density at radius 2 is 0.828 bits per heavy atom. The molecule has 0 saturated carbocycles. The molecule has 0 fully saturated rings. The van der Waals surface area contributed by atoms with E-state index >= 15 is 17.6 Å². The lowest BCUT2D eigenvalue weighted by molar-refractivity contribution is -0.0373. The summed E-state index contributed by atoms with van der Waals surface area (Å²) in [6.07, 6.45) is -1.15. The Morgan fingerprint density at radius 3 is 1.13 bits per heavy atom. The Hall–Kier alpha value is -10.1. The lowest BCUT2D eigenvalue weighted by atomic mass is 10.0. The largest absolute Gasteiger partial charge is 0.480 e. The van der Waals surface area contributed by atoms with Gasteiger partial charge in [-0.3, -0.25) is 24.2 Å². The first-order valence-corrected chi connectivity index (χ1v) is 30.2. The van der Waals surface area contributed by atoms with E-state index in [1.54, 1.807) is 76.1 Å². The quantitative estimate of drug-likeness (QED) is 0.0306. The summed E-state index contributed by atoms with van der Waals surface area (Å²) < 4.78 is 83.0. The molecule has 488 valence electrons. The third-order valence-corrected chi connectivity index (χ3v) is 16.1. The number of hydrogen-bond acceptors (Lipinski definition) is 19. The van der Waals surface area contributed by atoms with Crippen molar-refractivity contribution < 1.29 is 70.1 Å². The van der Waals surface area contributed by atoms with Crippen molar-refractivity contribution in [1.29, 1.82) is 0 Å². The fourth-order valence-electron chi connectivity index (χ4n) is 9.17. The molecule has 8 rings (SSSR count). The molecule has 0 aliphatic rings. The maximum atomic E-state index is 15.4. The molecular formula is C63H65F4N13O11S2. The van der Waals surface area contributed by atoms with Crippen molar-refractivity contribution in [3.05, 3.63) is 166 Å². The van der Waals surface area contributed by atoms with Gasteiger partial charge in [0.2, 0.25) is 11.8 Å². The Morgan fingerprint density at radius 1 is 0.462 bits per heavy atom. The zero-order valence-electron chi connectivity index (χ0n) is 51.9. The number of carbonyl (C=O) groups excluding carboxylic acids is 6. The Bertz CT molecular complexity index is 3680. The number of methoxy groups -OCH3 is 2. The van der Waals surface area contributed by atoms with Crippen LogP contribution in [0.15, 0.2) is 109 Å². The maximum Gasteiger partial charge on any atom is 0.415 e. The van der Waals surface area contributed by atoms with Crippen molar-refractivity contribution in [2.75, 3.05) is 93.8 Å². The zero-order chi connectivity index (χ0) is 67.0. The number of hydroxylamine groups is 2. The fraction of sp³-hybridized carbons (Fsp3) is 0.270. The Labute approximate surface area is 539 Å². The lowest BCUT2D eigenvalue weighted by Crippen LogP contribution is -2.41. The first-order chi connectivity index (χ1) is 44.7. The topological polar surface area (TPSA) is 264 Å². The average molecular weight is 1320 g/mol. The number of ether oxygens (including phenoxy) is 4. The van der Waals surface area contributed by atoms with Crippen LogP contribution >= 0.6 is 22.7 Å². The predicted molar refractivity (Wildman–Crippen MR) is 343 cm³/mol. The summed E-state index contributed by atoms with van der Waals surface area (Å²) in [5, 5.41) is 27.0. The molecular weight excluding hydrogens is 1250 g/mol. The summed E-state index contributed by atoms with van der Waals surface area (Å²) in [6, 6.07) is 22.8. The van der Waals surface area contributed by atoms with Gasteiger partial charge in [0.05, 0.1) is 58.8 Å². The van der Waals surface area contributed by atoms with Crippen molar-refractivity contribution in [1.82, 2.24) is 35.3 Å². The minimum Gasteiger partial charge on any atom is -0.480 e. The van der Waals surface area contributed by atoms with Crippen LogP contribution in [0.4, 0.5) is 69.8 Å². The van der Waals surface area contributed by atoms with Gasteiger partial charge in [0.25, 0.3) is 11.8 Å². The Balaban J connectivity index is 1.09. The van der Waals surface area contributed by atoms with E-state index in [0.29, 0.717) is 49.9 Å². The highest BCUT2D eigenvalue weighted by molar-refractivity contribution is 7.20. The van der Waals surface area contributed by atoms with Crippen molar-refractivity contribution >= 4 is 91.7 Å². The van der Waals surface area contributed by atoms with Gasteiger partial charge in [-0.15, -0.1) is 48.1 Å². The van der Waals surface area contributed by atoms with E-state index in [2.05, 4.69) is 41.7 Å². The van der Waals surface area contributed by atoms with Gasteiger partial charge in [0, 0.05) is 57.5 Å². The SMILES string of the molecule is CCCOC(=O)N(Cc1c(F)cccc1F)c1sc(-c2ccc(NC(=O)N(OC)C(=O)Nc3ccc(-c4sc(N(Cc5c(F)cccc5F)C(=O)OCCC)c(C(=O)Nc5ccc(OC)nn5)c4CN(C)C)cc3)cc2)c(CN(C)C)c1C(=O)Nc1ccc(OC)nn1. The second-order valence-corrected chi connectivity index (χ2v) is 22.8. The van der Waals surface area contributed by atoms with Crippen LogP contribution in [0.2, 0.25) is 0 Å². The number of hydrogen-bond donors (Lipinski definition) is 4. The fourth-order valence-corrected chi connectivity index (χ4v) is 11.8. The number of thiophene rings is 2. The van der Waals surface area contributed by atoms with Crippen molar-refractivity contribution in [3.8, 4) is 32.6 Å². The molecule has 93 heavy (non-hydrogen) atoms. The van der Waals surface area contributed by atoms with Gasteiger partial charge in [-0.1, -0.05) is 50.2 Å². The second kappa shape index (κ2) is 31.7. The summed E-state index contributed by atoms with van der Waals surface area (Å²) in [6.45, 7) is 2.28. The number of rotatable bonds is 25. The predicted octanol–water partition coefficient (Wildman–Crippen LogP) is 12.7. The van der Waals surface area contributed by atoms with Gasteiger partial charge in [-0.2, -0.15) is 0 Å². The standard InChI is InChI=1S/C63H65F4N13O11S2/c1-10-30-90-62(85)78(34-40-44(64)14-12-15-45(40)65)58-52(56(81)70-48-26-28-50(87-7)74-72-48)42(32-76(3)4)54(92-58)36-18-22-38(23-19-36)68-60(83)80(89-9)61(84)69-39-24-20-37(21-25-39)55-43(33-77(5)6)53(57(82)71-49-27-29-51(88-8)75-73-49)59(93-55)79(63(86)91-31-11-2)35-41-46(66)16-13-17-47(41)67/h12-29H,10-11,30-35H2,1-9H3,(H,68,83)(H,69,84)(H,70,72,81)(H,71,73,82). The zero-order valence-corrected chi connectivity index (χ0v) is 53.5. The van der Waals surface area contributed by atoms with E-state index in [0.717, 1.165) is 63.8 Å². The van der Waals surface area contributed by atoms with E-state index < -0.39 is 83.5 Å². The van der Waals surface area contributed by atoms with E-state index in [9.17, 15) is 28.8 Å². The molecule has 0 saturated heterocycles. The van der Waals surface area contributed by atoms with Gasteiger partial charge in [0.15, 0.2) is 11.6 Å². The number of nitrogens with zero attached hydrogens (tertiary/aromatic N) is 9. The van der Waals surface area contributed by atoms with Gasteiger partial charge < -0.3 is 50.0 Å². The minimum absolute atomic E-state index is 0.0184. The lowest BCUT2D eigenvalue weighted by Gasteiger charge is -2.23. The molecule has 8 aromatic rings. The third kappa shape index (κ3) is 16.9. The molecule has 4 aromatic heterocycles. The summed E-state index contributed by atoms with van der Waals surface area (Å²) in [5.41, 5.74) is 1.07. The molecule has 24 nitrogen and oxygen atoms in total. The van der Waals surface area contributed by atoms with Gasteiger partial charge in [-0.25, -0.2) is 36.7 Å². The highest BCUT2D eigenvalue weighted by atomic mass is 32.1. The smallest absolute Gasteiger partial charge is 0.415 e. The van der Waals surface area contributed by atoms with Crippen LogP contribution in [0.3, 0.4) is 0 Å². The molecule has 0 aliphatic carbocycles. The summed E-state index contributed by atoms with van der Waals surface area (Å²) in [4.78, 5) is 96.9. The van der Waals surface area contributed by atoms with Crippen molar-refractivity contribution in [3.63, 3.8) is 0 Å². The van der Waals surface area contributed by atoms with Crippen molar-refractivity contribution in [2.45, 2.75) is 52.9 Å². The molecule has 4 aromatic carbocycles. The highest BCUT2D eigenvalue weighted by Crippen LogP contribution is 2.46. The van der Waals surface area contributed by atoms with Crippen LogP contribution in [0.5, 0.6) is 11.8 Å². The van der Waals surface area contributed by atoms with Crippen LogP contribution in [-0.4, -0.2) is 134 Å². The van der Waals surface area contributed by atoms with Crippen LogP contribution in [-0.2, 0) is 40.5 Å². The van der Waals surface area contributed by atoms with Crippen LogP contribution in [0.25, 0.3) is 20.9 Å². The molecule has 0 atom stereocenters. The van der Waals surface area contributed by atoms with Crippen molar-refractivity contribution in [2.24, 2.45) is 0 Å². The van der Waals surface area contributed by atoms with E-state index in [-0.39, 0.29) is 82.2 Å². The number of carbonyl (C=O) groups is 6. The maximum absolute atomic E-state index is 15.4. The van der Waals surface area contributed by atoms with Crippen LogP contribution < -0.4 is 40.5 Å².